The molecule has 1 spiro atoms. The maximum Gasteiger partial charge on any atom is 0.522 e. The molecule has 3 aliphatic rings. The molecule has 2 amide bonds. The number of likely N-dealkylation sites (tertiary alicyclic amines) is 1. The molecule has 4 rings (SSSR count). The van der Waals surface area contributed by atoms with Crippen LogP contribution in [0.5, 0.6) is 0 Å². The zero-order valence-corrected chi connectivity index (χ0v) is 18.3. The molecule has 0 aromatic heterocycles. The van der Waals surface area contributed by atoms with Gasteiger partial charge in [-0.25, -0.2) is 0 Å². The van der Waals surface area contributed by atoms with Gasteiger partial charge in [-0.15, -0.1) is 13.2 Å². The number of rotatable bonds is 9. The Kier molecular flexibility index (Phi) is 6.52. The molecule has 184 valence electrons. The summed E-state index contributed by atoms with van der Waals surface area (Å²) in [7, 11) is 0. The number of ketones is 2. The van der Waals surface area contributed by atoms with Crippen LogP contribution in [0.1, 0.15) is 42.5 Å². The van der Waals surface area contributed by atoms with Gasteiger partial charge in [0.25, 0.3) is 0 Å². The van der Waals surface area contributed by atoms with Gasteiger partial charge in [-0.2, -0.15) is 0 Å². The topological polar surface area (TPSA) is 119 Å². The van der Waals surface area contributed by atoms with Gasteiger partial charge in [-0.3, -0.25) is 28.8 Å². The molecule has 3 fully saturated rings. The van der Waals surface area contributed by atoms with Crippen LogP contribution in [0, 0.1) is 11.8 Å². The standard InChI is InChI=1S/C23H26F3N3O5/c24-23(25,26)34-12-18(30)16(8-14-6-7-28-21(14)33)29-17(20(27)32)11-22(29)9-15(10-22)19(31)13-4-2-1-3-5-13/h1-5,14-17H,6-12H2,(H2,27,32)(H,28,33)/t14-,15?,16-,17-,22?/m0/s1. The molecule has 34 heavy (non-hydrogen) atoms. The van der Waals surface area contributed by atoms with Crippen molar-refractivity contribution in [2.24, 2.45) is 17.6 Å². The third kappa shape index (κ3) is 4.72. The number of primary amides is 1. The predicted octanol–water partition coefficient (Wildman–Crippen LogP) is 1.58. The van der Waals surface area contributed by atoms with Crippen molar-refractivity contribution >= 4 is 23.4 Å². The SMILES string of the molecule is NC(=O)[C@@H]1CC2(CC(C(=O)c3ccccc3)C2)N1[C@@H](C[C@@H]1CCNC1=O)C(=O)COC(F)(F)F. The van der Waals surface area contributed by atoms with Crippen molar-refractivity contribution in [3.63, 3.8) is 0 Å². The van der Waals surface area contributed by atoms with Gasteiger partial charge in [0, 0.05) is 29.5 Å². The van der Waals surface area contributed by atoms with E-state index in [4.69, 9.17) is 5.73 Å². The summed E-state index contributed by atoms with van der Waals surface area (Å²) in [6.45, 7) is -0.825. The van der Waals surface area contributed by atoms with E-state index in [1.165, 1.54) is 0 Å². The Morgan fingerprint density at radius 1 is 1.18 bits per heavy atom. The lowest BCUT2D eigenvalue weighted by Crippen LogP contribution is -2.78. The molecule has 1 saturated carbocycles. The second-order valence-electron chi connectivity index (χ2n) is 9.32. The van der Waals surface area contributed by atoms with Crippen LogP contribution in [0.25, 0.3) is 0 Å². The van der Waals surface area contributed by atoms with Gasteiger partial charge >= 0.3 is 6.36 Å². The number of ether oxygens (including phenoxy) is 1. The Labute approximate surface area is 194 Å². The molecule has 1 aliphatic carbocycles. The number of alkyl halides is 3. The van der Waals surface area contributed by atoms with E-state index >= 15 is 0 Å². The van der Waals surface area contributed by atoms with Crippen molar-refractivity contribution in [3.05, 3.63) is 35.9 Å². The van der Waals surface area contributed by atoms with Crippen LogP contribution in [0.4, 0.5) is 13.2 Å². The van der Waals surface area contributed by atoms with Gasteiger partial charge in [0.2, 0.25) is 11.8 Å². The minimum Gasteiger partial charge on any atom is -0.368 e. The Bertz CT molecular complexity index is 978. The summed E-state index contributed by atoms with van der Waals surface area (Å²) >= 11 is 0. The van der Waals surface area contributed by atoms with Crippen molar-refractivity contribution in [2.45, 2.75) is 56.1 Å². The zero-order valence-electron chi connectivity index (χ0n) is 18.3. The minimum atomic E-state index is -5.00. The summed E-state index contributed by atoms with van der Waals surface area (Å²) in [5.41, 5.74) is 5.38. The van der Waals surface area contributed by atoms with Gasteiger partial charge in [0.1, 0.15) is 6.61 Å². The smallest absolute Gasteiger partial charge is 0.368 e. The van der Waals surface area contributed by atoms with Crippen molar-refractivity contribution in [1.82, 2.24) is 10.2 Å². The molecule has 1 aromatic carbocycles. The van der Waals surface area contributed by atoms with Crippen LogP contribution in [0.15, 0.2) is 30.3 Å². The number of carbonyl (C=O) groups is 4. The first-order valence-corrected chi connectivity index (χ1v) is 11.2. The van der Waals surface area contributed by atoms with Crippen LogP contribution < -0.4 is 11.1 Å². The van der Waals surface area contributed by atoms with E-state index in [-0.39, 0.29) is 24.0 Å². The first-order valence-electron chi connectivity index (χ1n) is 11.2. The summed E-state index contributed by atoms with van der Waals surface area (Å²) in [5.74, 6) is -2.84. The molecule has 2 heterocycles. The van der Waals surface area contributed by atoms with Crippen LogP contribution >= 0.6 is 0 Å². The van der Waals surface area contributed by atoms with Crippen molar-refractivity contribution in [2.75, 3.05) is 13.2 Å². The van der Waals surface area contributed by atoms with E-state index in [0.717, 1.165) is 0 Å². The molecule has 0 radical (unpaired) electrons. The molecule has 2 aliphatic heterocycles. The molecule has 0 unspecified atom stereocenters. The Morgan fingerprint density at radius 2 is 1.85 bits per heavy atom. The average molecular weight is 481 g/mol. The third-order valence-electron chi connectivity index (χ3n) is 7.22. The van der Waals surface area contributed by atoms with Crippen molar-refractivity contribution in [3.8, 4) is 0 Å². The Morgan fingerprint density at radius 3 is 2.41 bits per heavy atom. The van der Waals surface area contributed by atoms with Crippen LogP contribution in [0.3, 0.4) is 0 Å². The molecular formula is C23H26F3N3O5. The van der Waals surface area contributed by atoms with Gasteiger partial charge in [-0.05, 0) is 32.1 Å². The number of benzene rings is 1. The van der Waals surface area contributed by atoms with Crippen LogP contribution in [-0.2, 0) is 19.1 Å². The van der Waals surface area contributed by atoms with Crippen LogP contribution in [-0.4, -0.2) is 65.4 Å². The molecule has 0 bridgehead atoms. The van der Waals surface area contributed by atoms with E-state index in [0.29, 0.717) is 37.8 Å². The molecule has 8 nitrogen and oxygen atoms in total. The number of halogens is 3. The first kappa shape index (κ1) is 24.3. The molecule has 3 atom stereocenters. The first-order chi connectivity index (χ1) is 16.0. The van der Waals surface area contributed by atoms with Crippen LogP contribution in [0.2, 0.25) is 0 Å². The van der Waals surface area contributed by atoms with Gasteiger partial charge in [0.05, 0.1) is 12.1 Å². The summed E-state index contributed by atoms with van der Waals surface area (Å²) in [6.07, 6.45) is -3.60. The van der Waals surface area contributed by atoms with Gasteiger partial charge in [-0.1, -0.05) is 30.3 Å². The summed E-state index contributed by atoms with van der Waals surface area (Å²) < 4.78 is 41.6. The van der Waals surface area contributed by atoms with E-state index in [2.05, 4.69) is 10.1 Å². The minimum absolute atomic E-state index is 0.0469. The Hall–Kier alpha value is -2.79. The fourth-order valence-electron chi connectivity index (χ4n) is 5.61. The lowest BCUT2D eigenvalue weighted by molar-refractivity contribution is -0.321. The maximum absolute atomic E-state index is 12.9. The number of nitrogens with two attached hydrogens (primary N) is 1. The highest BCUT2D eigenvalue weighted by Gasteiger charge is 2.64. The molecule has 11 heteroatoms. The second kappa shape index (κ2) is 9.10. The maximum atomic E-state index is 12.9. The molecule has 1 aromatic rings. The largest absolute Gasteiger partial charge is 0.522 e. The number of Topliss-reactive ketones (excluding diaryl/α,β-unsaturated/α-hetero) is 2. The number of amides is 2. The second-order valence-corrected chi connectivity index (χ2v) is 9.32. The molecule has 3 N–H and O–H groups in total. The van der Waals surface area contributed by atoms with E-state index < -0.39 is 48.2 Å². The summed E-state index contributed by atoms with van der Waals surface area (Å²) in [6, 6.07) is 6.69. The quantitative estimate of drug-likeness (QED) is 0.517. The summed E-state index contributed by atoms with van der Waals surface area (Å²) in [5, 5.41) is 2.65. The molecule has 2 saturated heterocycles. The predicted molar refractivity (Wildman–Crippen MR) is 112 cm³/mol. The van der Waals surface area contributed by atoms with E-state index in [1.807, 2.05) is 0 Å². The third-order valence-corrected chi connectivity index (χ3v) is 7.22. The lowest BCUT2D eigenvalue weighted by atomic mass is 9.56. The summed E-state index contributed by atoms with van der Waals surface area (Å²) in [4.78, 5) is 51.6. The number of hydrogen-bond donors (Lipinski definition) is 2. The van der Waals surface area contributed by atoms with Crippen molar-refractivity contribution < 1.29 is 37.1 Å². The number of hydrogen-bond acceptors (Lipinski definition) is 6. The number of carbonyl (C=O) groups excluding carboxylic acids is 4. The number of nitrogens with zero attached hydrogens (tertiary/aromatic N) is 1. The monoisotopic (exact) mass is 481 g/mol. The van der Waals surface area contributed by atoms with Gasteiger partial charge in [0.15, 0.2) is 11.6 Å². The highest BCUT2D eigenvalue weighted by atomic mass is 19.4. The highest BCUT2D eigenvalue weighted by molar-refractivity contribution is 5.99. The van der Waals surface area contributed by atoms with E-state index in [1.54, 1.807) is 35.2 Å². The lowest BCUT2D eigenvalue weighted by Gasteiger charge is -2.66. The zero-order chi connectivity index (χ0) is 24.7. The van der Waals surface area contributed by atoms with Gasteiger partial charge < -0.3 is 11.1 Å². The van der Waals surface area contributed by atoms with E-state index in [9.17, 15) is 32.3 Å². The average Bonchev–Trinajstić information content (AvgIpc) is 3.14. The fourth-order valence-corrected chi connectivity index (χ4v) is 5.61. The highest BCUT2D eigenvalue weighted by Crippen LogP contribution is 2.56. The molecular weight excluding hydrogens is 455 g/mol. The number of nitrogens with one attached hydrogen (secondary N) is 1. The van der Waals surface area contributed by atoms with Crippen molar-refractivity contribution in [1.29, 1.82) is 0 Å². The normalized spacial score (nSPS) is 29.7. The Balaban J connectivity index is 1.55. The fraction of sp³-hybridized carbons (Fsp3) is 0.565.